The lowest BCUT2D eigenvalue weighted by Gasteiger charge is -2.22. The maximum absolute atomic E-state index is 12.2. The van der Waals surface area contributed by atoms with E-state index in [1.54, 1.807) is 23.1 Å². The van der Waals surface area contributed by atoms with Crippen molar-refractivity contribution in [1.29, 1.82) is 0 Å². The molecule has 1 fully saturated rings. The third kappa shape index (κ3) is 4.64. The molecule has 2 aromatic rings. The number of carbonyl (C=O) groups is 1. The van der Waals surface area contributed by atoms with Crippen LogP contribution in [0.15, 0.2) is 36.8 Å². The van der Waals surface area contributed by atoms with Crippen LogP contribution in [-0.2, 0) is 0 Å². The average Bonchev–Trinajstić information content (AvgIpc) is 3.33. The second-order valence-corrected chi connectivity index (χ2v) is 6.33. The first-order chi connectivity index (χ1) is 12.3. The fourth-order valence-corrected chi connectivity index (χ4v) is 3.24. The highest BCUT2D eigenvalue weighted by Gasteiger charge is 2.22. The molecule has 134 valence electrons. The van der Waals surface area contributed by atoms with Gasteiger partial charge in [-0.15, -0.1) is 0 Å². The highest BCUT2D eigenvalue weighted by atomic mass is 16.3. The van der Waals surface area contributed by atoms with Gasteiger partial charge < -0.3 is 10.4 Å². The van der Waals surface area contributed by atoms with Crippen LogP contribution in [0, 0.1) is 0 Å². The number of nitrogens with zero attached hydrogens (tertiary/aromatic N) is 4. The summed E-state index contributed by atoms with van der Waals surface area (Å²) >= 11 is 0. The van der Waals surface area contributed by atoms with Crippen LogP contribution in [0.4, 0.5) is 0 Å². The Kier molecular flexibility index (Phi) is 6.14. The van der Waals surface area contributed by atoms with E-state index in [4.69, 9.17) is 0 Å². The summed E-state index contributed by atoms with van der Waals surface area (Å²) in [6.07, 6.45) is 9.33. The summed E-state index contributed by atoms with van der Waals surface area (Å²) in [6.45, 7) is 2.93. The van der Waals surface area contributed by atoms with E-state index in [9.17, 15) is 9.90 Å². The molecule has 0 aliphatic carbocycles. The molecule has 7 heteroatoms. The van der Waals surface area contributed by atoms with Crippen molar-refractivity contribution in [3.63, 3.8) is 0 Å². The molecule has 25 heavy (non-hydrogen) atoms. The summed E-state index contributed by atoms with van der Waals surface area (Å²) in [4.78, 5) is 18.7. The molecule has 1 saturated heterocycles. The summed E-state index contributed by atoms with van der Waals surface area (Å²) in [7, 11) is 0. The van der Waals surface area contributed by atoms with E-state index in [-0.39, 0.29) is 12.5 Å². The Morgan fingerprint density at radius 3 is 3.08 bits per heavy atom. The van der Waals surface area contributed by atoms with Gasteiger partial charge in [-0.2, -0.15) is 5.10 Å². The normalized spacial score (nSPS) is 17.7. The Labute approximate surface area is 147 Å². The van der Waals surface area contributed by atoms with Crippen LogP contribution >= 0.6 is 0 Å². The minimum absolute atomic E-state index is 0.164. The van der Waals surface area contributed by atoms with Gasteiger partial charge in [0.25, 0.3) is 5.91 Å². The zero-order chi connectivity index (χ0) is 17.5. The molecule has 3 heterocycles. The maximum Gasteiger partial charge on any atom is 0.269 e. The molecule has 0 aromatic carbocycles. The number of pyridine rings is 1. The Morgan fingerprint density at radius 1 is 1.36 bits per heavy atom. The number of amides is 1. The van der Waals surface area contributed by atoms with Crippen molar-refractivity contribution >= 4 is 5.91 Å². The van der Waals surface area contributed by atoms with Crippen LogP contribution < -0.4 is 5.32 Å². The van der Waals surface area contributed by atoms with Gasteiger partial charge >= 0.3 is 0 Å². The van der Waals surface area contributed by atoms with Crippen molar-refractivity contribution < 1.29 is 9.90 Å². The summed E-state index contributed by atoms with van der Waals surface area (Å²) < 4.78 is 1.70. The average molecular weight is 343 g/mol. The van der Waals surface area contributed by atoms with Crippen LogP contribution in [0.2, 0.25) is 0 Å². The van der Waals surface area contributed by atoms with Crippen LogP contribution in [-0.4, -0.2) is 63.0 Å². The number of aromatic nitrogens is 3. The summed E-state index contributed by atoms with van der Waals surface area (Å²) in [6, 6.07) is 5.71. The molecule has 1 unspecified atom stereocenters. The first-order valence-corrected chi connectivity index (χ1v) is 8.87. The van der Waals surface area contributed by atoms with Crippen molar-refractivity contribution in [3.8, 4) is 5.69 Å². The summed E-state index contributed by atoms with van der Waals surface area (Å²) in [5.74, 6) is -0.164. The molecule has 2 aromatic heterocycles. The first kappa shape index (κ1) is 17.6. The number of nitrogens with one attached hydrogen (secondary N) is 1. The predicted molar refractivity (Wildman–Crippen MR) is 94.6 cm³/mol. The van der Waals surface area contributed by atoms with Crippen LogP contribution in [0.25, 0.3) is 5.69 Å². The van der Waals surface area contributed by atoms with E-state index in [0.717, 1.165) is 38.0 Å². The van der Waals surface area contributed by atoms with Crippen LogP contribution in [0.1, 0.15) is 36.2 Å². The second-order valence-electron chi connectivity index (χ2n) is 6.33. The van der Waals surface area contributed by atoms with Crippen molar-refractivity contribution in [2.45, 2.75) is 31.7 Å². The molecule has 0 radical (unpaired) electrons. The lowest BCUT2D eigenvalue weighted by atomic mass is 10.2. The number of carbonyl (C=O) groups excluding carboxylic acids is 1. The van der Waals surface area contributed by atoms with Gasteiger partial charge in [-0.25, -0.2) is 4.68 Å². The van der Waals surface area contributed by atoms with E-state index in [2.05, 4.69) is 20.3 Å². The molecule has 1 aliphatic rings. The van der Waals surface area contributed by atoms with Gasteiger partial charge in [0.05, 0.1) is 12.3 Å². The standard InChI is InChI=1S/C18H25N5O2/c24-14-16-5-3-11-22(16)10-2-1-7-20-18(25)17-13-15(6-9-19-17)23-12-4-8-21-23/h4,6,8-9,12-13,16,24H,1-3,5,7,10-11,14H2,(H,20,25). The third-order valence-electron chi connectivity index (χ3n) is 4.61. The second kappa shape index (κ2) is 8.73. The van der Waals surface area contributed by atoms with Crippen molar-refractivity contribution in [3.05, 3.63) is 42.5 Å². The zero-order valence-corrected chi connectivity index (χ0v) is 14.3. The highest BCUT2D eigenvalue weighted by Crippen LogP contribution is 2.16. The number of aliphatic hydroxyl groups excluding tert-OH is 1. The van der Waals surface area contributed by atoms with Crippen LogP contribution in [0.5, 0.6) is 0 Å². The molecule has 1 atom stereocenters. The lowest BCUT2D eigenvalue weighted by molar-refractivity contribution is 0.0947. The van der Waals surface area contributed by atoms with Crippen molar-refractivity contribution in [2.24, 2.45) is 0 Å². The van der Waals surface area contributed by atoms with E-state index in [1.165, 1.54) is 6.42 Å². The Bertz CT molecular complexity index is 674. The minimum atomic E-state index is -0.164. The number of hydrogen-bond donors (Lipinski definition) is 2. The van der Waals surface area contributed by atoms with Crippen molar-refractivity contribution in [2.75, 3.05) is 26.2 Å². The molecular weight excluding hydrogens is 318 g/mol. The van der Waals surface area contributed by atoms with Gasteiger partial charge in [-0.1, -0.05) is 0 Å². The Hall–Kier alpha value is -2.25. The van der Waals surface area contributed by atoms with Crippen molar-refractivity contribution in [1.82, 2.24) is 25.0 Å². The smallest absolute Gasteiger partial charge is 0.269 e. The SMILES string of the molecule is O=C(NCCCCN1CCCC1CO)c1cc(-n2cccn2)ccn1. The number of aliphatic hydroxyl groups is 1. The van der Waals surface area contributed by atoms with Gasteiger partial charge in [0.2, 0.25) is 0 Å². The molecule has 0 spiro atoms. The molecule has 1 aliphatic heterocycles. The van der Waals surface area contributed by atoms with Gasteiger partial charge in [0.1, 0.15) is 5.69 Å². The van der Waals surface area contributed by atoms with Gasteiger partial charge in [-0.05, 0) is 57.0 Å². The fourth-order valence-electron chi connectivity index (χ4n) is 3.24. The molecule has 0 bridgehead atoms. The predicted octanol–water partition coefficient (Wildman–Crippen LogP) is 1.23. The van der Waals surface area contributed by atoms with Crippen LogP contribution in [0.3, 0.4) is 0 Å². The molecule has 2 N–H and O–H groups in total. The number of rotatable bonds is 8. The summed E-state index contributed by atoms with van der Waals surface area (Å²) in [5, 5.41) is 16.4. The molecular formula is C18H25N5O2. The van der Waals surface area contributed by atoms with Gasteiger partial charge in [0.15, 0.2) is 0 Å². The summed E-state index contributed by atoms with van der Waals surface area (Å²) in [5.41, 5.74) is 1.21. The topological polar surface area (TPSA) is 83.3 Å². The zero-order valence-electron chi connectivity index (χ0n) is 14.3. The monoisotopic (exact) mass is 343 g/mol. The number of unbranched alkanes of at least 4 members (excludes halogenated alkanes) is 1. The van der Waals surface area contributed by atoms with E-state index in [0.29, 0.717) is 18.3 Å². The Morgan fingerprint density at radius 2 is 2.28 bits per heavy atom. The molecule has 7 nitrogen and oxygen atoms in total. The maximum atomic E-state index is 12.2. The minimum Gasteiger partial charge on any atom is -0.395 e. The lowest BCUT2D eigenvalue weighted by Crippen LogP contribution is -2.33. The number of likely N-dealkylation sites (tertiary alicyclic amines) is 1. The highest BCUT2D eigenvalue weighted by molar-refractivity contribution is 5.92. The molecule has 3 rings (SSSR count). The fraction of sp³-hybridized carbons (Fsp3) is 0.500. The quantitative estimate of drug-likeness (QED) is 0.705. The third-order valence-corrected chi connectivity index (χ3v) is 4.61. The van der Waals surface area contributed by atoms with Gasteiger partial charge in [0, 0.05) is 31.2 Å². The van der Waals surface area contributed by atoms with Gasteiger partial charge in [-0.3, -0.25) is 14.7 Å². The largest absolute Gasteiger partial charge is 0.395 e. The van der Waals surface area contributed by atoms with E-state index < -0.39 is 0 Å². The Balaban J connectivity index is 1.41. The molecule has 1 amide bonds. The first-order valence-electron chi connectivity index (χ1n) is 8.87. The van der Waals surface area contributed by atoms with E-state index >= 15 is 0 Å². The van der Waals surface area contributed by atoms with E-state index in [1.807, 2.05) is 18.3 Å². The molecule has 0 saturated carbocycles. The number of hydrogen-bond acceptors (Lipinski definition) is 5.